The maximum absolute atomic E-state index is 6.29. The van der Waals surface area contributed by atoms with Gasteiger partial charge in [-0.2, -0.15) is 0 Å². The lowest BCUT2D eigenvalue weighted by Crippen LogP contribution is -2.17. The highest BCUT2D eigenvalue weighted by Crippen LogP contribution is 2.33. The van der Waals surface area contributed by atoms with E-state index in [0.717, 1.165) is 22.9 Å². The molecule has 0 aromatic heterocycles. The van der Waals surface area contributed by atoms with Crippen LogP contribution >= 0.6 is 11.6 Å². The van der Waals surface area contributed by atoms with Crippen molar-refractivity contribution in [2.75, 3.05) is 0 Å². The molecule has 1 unspecified atom stereocenters. The Morgan fingerprint density at radius 1 is 1.29 bits per heavy atom. The number of aryl methyl sites for hydroxylation is 1. The fourth-order valence-electron chi connectivity index (χ4n) is 2.84. The van der Waals surface area contributed by atoms with Gasteiger partial charge in [-0.05, 0) is 36.5 Å². The van der Waals surface area contributed by atoms with Gasteiger partial charge in [0.25, 0.3) is 0 Å². The van der Waals surface area contributed by atoms with Gasteiger partial charge in [-0.3, -0.25) is 0 Å². The van der Waals surface area contributed by atoms with Crippen molar-refractivity contribution in [3.63, 3.8) is 0 Å². The van der Waals surface area contributed by atoms with Crippen molar-refractivity contribution < 1.29 is 0 Å². The Hall–Kier alpha value is -0.530. The van der Waals surface area contributed by atoms with E-state index in [2.05, 4.69) is 19.1 Å². The Balaban J connectivity index is 2.00. The van der Waals surface area contributed by atoms with E-state index in [4.69, 9.17) is 17.3 Å². The molecule has 1 fully saturated rings. The zero-order valence-electron chi connectivity index (χ0n) is 10.6. The summed E-state index contributed by atoms with van der Waals surface area (Å²) in [6, 6.07) is 6.30. The van der Waals surface area contributed by atoms with Crippen molar-refractivity contribution >= 4 is 11.6 Å². The molecule has 2 heteroatoms. The van der Waals surface area contributed by atoms with Crippen LogP contribution in [0.3, 0.4) is 0 Å². The van der Waals surface area contributed by atoms with Gasteiger partial charge >= 0.3 is 0 Å². The molecule has 1 aromatic rings. The van der Waals surface area contributed by atoms with Crippen molar-refractivity contribution in [3.05, 3.63) is 34.3 Å². The summed E-state index contributed by atoms with van der Waals surface area (Å²) in [4.78, 5) is 0. The summed E-state index contributed by atoms with van der Waals surface area (Å²) in [5, 5.41) is 0.827. The Bertz CT molecular complexity index is 369. The Morgan fingerprint density at radius 2 is 2.00 bits per heavy atom. The van der Waals surface area contributed by atoms with Gasteiger partial charge < -0.3 is 5.73 Å². The SMILES string of the molecule is Cc1ccc(C(N)CC2CCCCC2)c(Cl)c1. The molecule has 1 aromatic carbocycles. The third-order valence-electron chi connectivity index (χ3n) is 3.87. The Morgan fingerprint density at radius 3 is 2.65 bits per heavy atom. The largest absolute Gasteiger partial charge is 0.324 e. The lowest BCUT2D eigenvalue weighted by atomic mass is 9.83. The van der Waals surface area contributed by atoms with Crippen LogP contribution in [0.25, 0.3) is 0 Å². The molecule has 0 radical (unpaired) electrons. The molecule has 0 heterocycles. The molecule has 1 saturated carbocycles. The second-order valence-corrected chi connectivity index (χ2v) is 5.78. The maximum Gasteiger partial charge on any atom is 0.0456 e. The van der Waals surface area contributed by atoms with Crippen molar-refractivity contribution in [2.24, 2.45) is 11.7 Å². The molecule has 94 valence electrons. The van der Waals surface area contributed by atoms with Crippen LogP contribution in [-0.4, -0.2) is 0 Å². The van der Waals surface area contributed by atoms with Crippen molar-refractivity contribution in [3.8, 4) is 0 Å². The molecule has 2 rings (SSSR count). The van der Waals surface area contributed by atoms with Crippen LogP contribution in [0.5, 0.6) is 0 Å². The Kier molecular flexibility index (Phi) is 4.47. The molecule has 1 atom stereocenters. The quantitative estimate of drug-likeness (QED) is 0.834. The van der Waals surface area contributed by atoms with E-state index in [9.17, 15) is 0 Å². The molecule has 1 aliphatic carbocycles. The number of rotatable bonds is 3. The second-order valence-electron chi connectivity index (χ2n) is 5.37. The first-order chi connectivity index (χ1) is 8.16. The lowest BCUT2D eigenvalue weighted by Gasteiger charge is -2.25. The van der Waals surface area contributed by atoms with Gasteiger partial charge in [-0.25, -0.2) is 0 Å². The van der Waals surface area contributed by atoms with E-state index < -0.39 is 0 Å². The predicted octanol–water partition coefficient (Wildman–Crippen LogP) is 4.62. The molecule has 0 aliphatic heterocycles. The van der Waals surface area contributed by atoms with Gasteiger partial charge in [0, 0.05) is 11.1 Å². The monoisotopic (exact) mass is 251 g/mol. The molecule has 0 bridgehead atoms. The predicted molar refractivity (Wildman–Crippen MR) is 74.3 cm³/mol. The van der Waals surface area contributed by atoms with E-state index in [1.165, 1.54) is 37.7 Å². The van der Waals surface area contributed by atoms with Crippen LogP contribution in [0.4, 0.5) is 0 Å². The van der Waals surface area contributed by atoms with Gasteiger partial charge in [0.15, 0.2) is 0 Å². The third-order valence-corrected chi connectivity index (χ3v) is 4.19. The molecular weight excluding hydrogens is 230 g/mol. The number of nitrogens with two attached hydrogens (primary N) is 1. The van der Waals surface area contributed by atoms with E-state index in [1.807, 2.05) is 6.07 Å². The van der Waals surface area contributed by atoms with Crippen LogP contribution in [0.1, 0.15) is 55.7 Å². The summed E-state index contributed by atoms with van der Waals surface area (Å²) < 4.78 is 0. The normalized spacial score (nSPS) is 19.2. The smallest absolute Gasteiger partial charge is 0.0456 e. The molecule has 17 heavy (non-hydrogen) atoms. The maximum atomic E-state index is 6.29. The second kappa shape index (κ2) is 5.88. The van der Waals surface area contributed by atoms with Gasteiger partial charge in [0.2, 0.25) is 0 Å². The standard InChI is InChI=1S/C15H22ClN/c1-11-7-8-13(14(16)9-11)15(17)10-12-5-3-2-4-6-12/h7-9,12,15H,2-6,10,17H2,1H3. The molecule has 0 spiro atoms. The minimum absolute atomic E-state index is 0.103. The van der Waals surface area contributed by atoms with Gasteiger partial charge in [-0.1, -0.05) is 55.8 Å². The first-order valence-corrected chi connectivity index (χ1v) is 7.06. The molecule has 1 nitrogen and oxygen atoms in total. The molecule has 0 saturated heterocycles. The summed E-state index contributed by atoms with van der Waals surface area (Å²) >= 11 is 6.26. The Labute approximate surface area is 109 Å². The van der Waals surface area contributed by atoms with Crippen LogP contribution < -0.4 is 5.73 Å². The summed E-state index contributed by atoms with van der Waals surface area (Å²) in [5.41, 5.74) is 8.60. The van der Waals surface area contributed by atoms with Crippen LogP contribution in [0.15, 0.2) is 18.2 Å². The van der Waals surface area contributed by atoms with Crippen LogP contribution in [0, 0.1) is 12.8 Å². The van der Waals surface area contributed by atoms with E-state index in [-0.39, 0.29) is 6.04 Å². The average Bonchev–Trinajstić information content (AvgIpc) is 2.30. The highest BCUT2D eigenvalue weighted by molar-refractivity contribution is 6.31. The third kappa shape index (κ3) is 3.46. The van der Waals surface area contributed by atoms with E-state index in [1.54, 1.807) is 0 Å². The summed E-state index contributed by atoms with van der Waals surface area (Å²) in [6.07, 6.45) is 7.92. The fourth-order valence-corrected chi connectivity index (χ4v) is 3.22. The number of hydrogen-bond acceptors (Lipinski definition) is 1. The molecular formula is C15H22ClN. The van der Waals surface area contributed by atoms with Crippen LogP contribution in [-0.2, 0) is 0 Å². The molecule has 0 amide bonds. The number of benzene rings is 1. The topological polar surface area (TPSA) is 26.0 Å². The van der Waals surface area contributed by atoms with Gasteiger partial charge in [0.1, 0.15) is 0 Å². The van der Waals surface area contributed by atoms with E-state index >= 15 is 0 Å². The average molecular weight is 252 g/mol. The zero-order chi connectivity index (χ0) is 12.3. The van der Waals surface area contributed by atoms with Crippen molar-refractivity contribution in [1.29, 1.82) is 0 Å². The molecule has 1 aliphatic rings. The van der Waals surface area contributed by atoms with Gasteiger partial charge in [0.05, 0.1) is 0 Å². The zero-order valence-corrected chi connectivity index (χ0v) is 11.3. The summed E-state index contributed by atoms with van der Waals surface area (Å²) in [7, 11) is 0. The van der Waals surface area contributed by atoms with Crippen LogP contribution in [0.2, 0.25) is 5.02 Å². The minimum Gasteiger partial charge on any atom is -0.324 e. The molecule has 2 N–H and O–H groups in total. The highest BCUT2D eigenvalue weighted by atomic mass is 35.5. The minimum atomic E-state index is 0.103. The fraction of sp³-hybridized carbons (Fsp3) is 0.600. The van der Waals surface area contributed by atoms with Crippen molar-refractivity contribution in [1.82, 2.24) is 0 Å². The first kappa shape index (κ1) is 12.9. The number of halogens is 1. The van der Waals surface area contributed by atoms with Gasteiger partial charge in [-0.15, -0.1) is 0 Å². The van der Waals surface area contributed by atoms with E-state index in [0.29, 0.717) is 0 Å². The van der Waals surface area contributed by atoms with Crippen molar-refractivity contribution in [2.45, 2.75) is 51.5 Å². The lowest BCUT2D eigenvalue weighted by molar-refractivity contribution is 0.319. The first-order valence-electron chi connectivity index (χ1n) is 6.68. The number of hydrogen-bond donors (Lipinski definition) is 1. The summed E-state index contributed by atoms with van der Waals surface area (Å²) in [5.74, 6) is 0.802. The highest BCUT2D eigenvalue weighted by Gasteiger charge is 2.19. The summed E-state index contributed by atoms with van der Waals surface area (Å²) in [6.45, 7) is 2.06.